The highest BCUT2D eigenvalue weighted by atomic mass is 35.5. The first-order valence-corrected chi connectivity index (χ1v) is 16.9. The van der Waals surface area contributed by atoms with Crippen LogP contribution in [0.3, 0.4) is 0 Å². The molecule has 0 radical (unpaired) electrons. The summed E-state index contributed by atoms with van der Waals surface area (Å²) in [6.07, 6.45) is 4.94. The van der Waals surface area contributed by atoms with E-state index in [-0.39, 0.29) is 34.8 Å². The number of amides is 2. The summed E-state index contributed by atoms with van der Waals surface area (Å²) in [5.41, 5.74) is 2.33. The van der Waals surface area contributed by atoms with Crippen LogP contribution < -0.4 is 14.4 Å². The summed E-state index contributed by atoms with van der Waals surface area (Å²) >= 11 is 13.0. The SMILES string of the molecule is COc1ccc(C)cc1N(CC(=O)N(Cc1c(Cl)cccc1Cl)[C@@H](C)C(=O)NC1CCCCC1)S(=O)(=O)c1ccc(C)cc1. The van der Waals surface area contributed by atoms with Gasteiger partial charge in [-0.15, -0.1) is 0 Å². The maximum absolute atomic E-state index is 14.3. The number of hydrogen-bond donors (Lipinski definition) is 1. The van der Waals surface area contributed by atoms with E-state index >= 15 is 0 Å². The van der Waals surface area contributed by atoms with E-state index in [9.17, 15) is 18.0 Å². The fraction of sp³-hybridized carbons (Fsp3) is 0.394. The molecule has 1 saturated carbocycles. The quantitative estimate of drug-likeness (QED) is 0.248. The van der Waals surface area contributed by atoms with Gasteiger partial charge in [-0.3, -0.25) is 13.9 Å². The summed E-state index contributed by atoms with van der Waals surface area (Å²) in [5, 5.41) is 3.76. The summed E-state index contributed by atoms with van der Waals surface area (Å²) in [6.45, 7) is 4.62. The number of benzene rings is 3. The number of rotatable bonds is 11. The Morgan fingerprint density at radius 2 is 1.57 bits per heavy atom. The van der Waals surface area contributed by atoms with E-state index in [1.807, 2.05) is 13.8 Å². The molecule has 1 fully saturated rings. The Labute approximate surface area is 270 Å². The molecule has 0 aliphatic heterocycles. The predicted octanol–water partition coefficient (Wildman–Crippen LogP) is 6.68. The Bertz CT molecular complexity index is 1570. The Morgan fingerprint density at radius 1 is 0.955 bits per heavy atom. The van der Waals surface area contributed by atoms with Crippen molar-refractivity contribution in [1.82, 2.24) is 10.2 Å². The molecule has 1 atom stereocenters. The van der Waals surface area contributed by atoms with Crippen molar-refractivity contribution in [2.75, 3.05) is 18.0 Å². The van der Waals surface area contributed by atoms with Crippen molar-refractivity contribution < 1.29 is 22.7 Å². The zero-order chi connectivity index (χ0) is 32.0. The number of nitrogens with zero attached hydrogens (tertiary/aromatic N) is 2. The van der Waals surface area contributed by atoms with Gasteiger partial charge in [-0.25, -0.2) is 8.42 Å². The number of halogens is 2. The first-order chi connectivity index (χ1) is 20.9. The van der Waals surface area contributed by atoms with Gasteiger partial charge < -0.3 is 15.0 Å². The van der Waals surface area contributed by atoms with Crippen LogP contribution in [0.25, 0.3) is 0 Å². The molecule has 3 aromatic carbocycles. The molecule has 1 N–H and O–H groups in total. The molecule has 1 aliphatic rings. The number of sulfonamides is 1. The van der Waals surface area contributed by atoms with E-state index in [1.165, 1.54) is 24.1 Å². The van der Waals surface area contributed by atoms with Crippen molar-refractivity contribution in [3.8, 4) is 5.75 Å². The first-order valence-electron chi connectivity index (χ1n) is 14.7. The zero-order valence-electron chi connectivity index (χ0n) is 25.5. The Kier molecular flexibility index (Phi) is 11.2. The number of aryl methyl sites for hydroxylation is 2. The van der Waals surface area contributed by atoms with E-state index in [0.29, 0.717) is 15.6 Å². The maximum atomic E-state index is 14.3. The Balaban J connectivity index is 1.76. The van der Waals surface area contributed by atoms with Gasteiger partial charge in [-0.05, 0) is 75.6 Å². The Morgan fingerprint density at radius 3 is 2.18 bits per heavy atom. The highest BCUT2D eigenvalue weighted by Crippen LogP contribution is 2.34. The Hall–Kier alpha value is -3.27. The van der Waals surface area contributed by atoms with Gasteiger partial charge in [-0.1, -0.05) is 72.3 Å². The van der Waals surface area contributed by atoms with Crippen molar-refractivity contribution in [3.63, 3.8) is 0 Å². The number of ether oxygens (including phenoxy) is 1. The molecule has 0 saturated heterocycles. The lowest BCUT2D eigenvalue weighted by Crippen LogP contribution is -2.53. The summed E-state index contributed by atoms with van der Waals surface area (Å²) in [5.74, 6) is -0.649. The van der Waals surface area contributed by atoms with Crippen LogP contribution in [0.4, 0.5) is 5.69 Å². The van der Waals surface area contributed by atoms with Crippen LogP contribution in [0, 0.1) is 13.8 Å². The standard InChI is InChI=1S/C33H39Cl2N3O5S/c1-22-13-16-26(17-14-22)44(41,42)38(30-19-23(2)15-18-31(30)43-4)21-32(39)37(20-27-28(34)11-8-12-29(27)35)24(3)33(40)36-25-9-6-5-7-10-25/h8,11-19,24-25H,5-7,9-10,20-21H2,1-4H3,(H,36,40)/t24-/m0/s1. The summed E-state index contributed by atoms with van der Waals surface area (Å²) in [6, 6.07) is 15.6. The van der Waals surface area contributed by atoms with Crippen LogP contribution in [0.15, 0.2) is 65.6 Å². The molecule has 4 rings (SSSR count). The van der Waals surface area contributed by atoms with Gasteiger partial charge in [0.1, 0.15) is 18.3 Å². The van der Waals surface area contributed by atoms with Crippen LogP contribution in [0.5, 0.6) is 5.75 Å². The van der Waals surface area contributed by atoms with E-state index in [4.69, 9.17) is 27.9 Å². The van der Waals surface area contributed by atoms with Crippen molar-refractivity contribution in [2.24, 2.45) is 0 Å². The van der Waals surface area contributed by atoms with Crippen molar-refractivity contribution >= 4 is 50.7 Å². The minimum Gasteiger partial charge on any atom is -0.495 e. The second-order valence-electron chi connectivity index (χ2n) is 11.2. The van der Waals surface area contributed by atoms with Gasteiger partial charge in [0.15, 0.2) is 0 Å². The molecular weight excluding hydrogens is 621 g/mol. The molecule has 2 amide bonds. The lowest BCUT2D eigenvalue weighted by atomic mass is 9.95. The van der Waals surface area contributed by atoms with Crippen LogP contribution in [0.2, 0.25) is 10.0 Å². The molecule has 236 valence electrons. The average Bonchev–Trinajstić information content (AvgIpc) is 3.00. The third-order valence-electron chi connectivity index (χ3n) is 8.00. The van der Waals surface area contributed by atoms with E-state index < -0.39 is 28.5 Å². The van der Waals surface area contributed by atoms with Crippen molar-refractivity contribution in [1.29, 1.82) is 0 Å². The van der Waals surface area contributed by atoms with Gasteiger partial charge in [0, 0.05) is 28.2 Å². The lowest BCUT2D eigenvalue weighted by Gasteiger charge is -2.34. The second kappa shape index (κ2) is 14.7. The van der Waals surface area contributed by atoms with Crippen LogP contribution in [-0.2, 0) is 26.2 Å². The second-order valence-corrected chi connectivity index (χ2v) is 13.9. The number of carbonyl (C=O) groups is 2. The van der Waals surface area contributed by atoms with Gasteiger partial charge >= 0.3 is 0 Å². The third kappa shape index (κ3) is 7.86. The van der Waals surface area contributed by atoms with Crippen molar-refractivity contribution in [3.05, 3.63) is 87.4 Å². The topological polar surface area (TPSA) is 96.0 Å². The minimum absolute atomic E-state index is 0.0169. The van der Waals surface area contributed by atoms with E-state index in [2.05, 4.69) is 5.32 Å². The number of nitrogens with one attached hydrogen (secondary N) is 1. The summed E-state index contributed by atoms with van der Waals surface area (Å²) < 4.78 is 35.0. The predicted molar refractivity (Wildman–Crippen MR) is 175 cm³/mol. The summed E-state index contributed by atoms with van der Waals surface area (Å²) in [4.78, 5) is 29.2. The molecule has 0 spiro atoms. The van der Waals surface area contributed by atoms with Crippen molar-refractivity contribution in [2.45, 2.75) is 76.4 Å². The van der Waals surface area contributed by atoms with Gasteiger partial charge in [-0.2, -0.15) is 0 Å². The molecule has 0 unspecified atom stereocenters. The number of anilines is 1. The fourth-order valence-electron chi connectivity index (χ4n) is 5.35. The lowest BCUT2D eigenvalue weighted by molar-refractivity contribution is -0.139. The smallest absolute Gasteiger partial charge is 0.264 e. The molecular formula is C33H39Cl2N3O5S. The van der Waals surface area contributed by atoms with E-state index in [0.717, 1.165) is 47.5 Å². The normalized spacial score (nSPS) is 14.5. The van der Waals surface area contributed by atoms with E-state index in [1.54, 1.807) is 55.5 Å². The molecule has 44 heavy (non-hydrogen) atoms. The monoisotopic (exact) mass is 659 g/mol. The molecule has 1 aliphatic carbocycles. The molecule has 0 heterocycles. The maximum Gasteiger partial charge on any atom is 0.264 e. The average molecular weight is 661 g/mol. The fourth-order valence-corrected chi connectivity index (χ4v) is 7.28. The largest absolute Gasteiger partial charge is 0.495 e. The highest BCUT2D eigenvalue weighted by molar-refractivity contribution is 7.92. The van der Waals surface area contributed by atoms with Crippen LogP contribution in [-0.4, -0.2) is 50.9 Å². The van der Waals surface area contributed by atoms with Gasteiger partial charge in [0.25, 0.3) is 10.0 Å². The minimum atomic E-state index is -4.25. The number of carbonyl (C=O) groups excluding carboxylic acids is 2. The summed E-state index contributed by atoms with van der Waals surface area (Å²) in [7, 11) is -2.81. The third-order valence-corrected chi connectivity index (χ3v) is 10.5. The molecule has 0 aromatic heterocycles. The van der Waals surface area contributed by atoms with Crippen LogP contribution in [0.1, 0.15) is 55.7 Å². The first kappa shape index (κ1) is 33.6. The highest BCUT2D eigenvalue weighted by Gasteiger charge is 2.35. The molecule has 3 aromatic rings. The molecule has 11 heteroatoms. The van der Waals surface area contributed by atoms with Gasteiger partial charge in [0.2, 0.25) is 11.8 Å². The molecule has 0 bridgehead atoms. The van der Waals surface area contributed by atoms with Gasteiger partial charge in [0.05, 0.1) is 17.7 Å². The number of hydrogen-bond acceptors (Lipinski definition) is 5. The number of methoxy groups -OCH3 is 1. The molecule has 8 nitrogen and oxygen atoms in total. The zero-order valence-corrected chi connectivity index (χ0v) is 27.8. The van der Waals surface area contributed by atoms with Crippen LogP contribution >= 0.6 is 23.2 Å².